The fourth-order valence-corrected chi connectivity index (χ4v) is 5.45. The lowest BCUT2D eigenvalue weighted by molar-refractivity contribution is -0.130. The molecule has 5 rings (SSSR count). The van der Waals surface area contributed by atoms with Crippen LogP contribution in [0.5, 0.6) is 0 Å². The molecule has 3 heteroatoms. The Morgan fingerprint density at radius 2 is 2.09 bits per heavy atom. The topological polar surface area (TPSA) is 36.1 Å². The van der Waals surface area contributed by atoms with E-state index in [9.17, 15) is 4.79 Å². The summed E-state index contributed by atoms with van der Waals surface area (Å²) in [6, 6.07) is 9.18. The molecule has 2 aliphatic heterocycles. The van der Waals surface area contributed by atoms with Crippen molar-refractivity contribution in [3.05, 3.63) is 35.5 Å². The normalized spacial score (nSPS) is 34.0. The fraction of sp³-hybridized carbons (Fsp3) is 0.550. The van der Waals surface area contributed by atoms with Gasteiger partial charge in [0, 0.05) is 42.0 Å². The average molecular weight is 308 g/mol. The molecule has 3 nitrogen and oxygen atoms in total. The highest BCUT2D eigenvalue weighted by molar-refractivity contribution is 5.85. The molecule has 1 aromatic heterocycles. The smallest absolute Gasteiger partial charge is 0.136 e. The molecule has 1 saturated carbocycles. The summed E-state index contributed by atoms with van der Waals surface area (Å²) in [5.74, 6) is 2.05. The summed E-state index contributed by atoms with van der Waals surface area (Å²) in [5, 5.41) is 1.40. The zero-order valence-corrected chi connectivity index (χ0v) is 13.7. The van der Waals surface area contributed by atoms with Gasteiger partial charge in [0.2, 0.25) is 0 Å². The van der Waals surface area contributed by atoms with Crippen LogP contribution in [0.15, 0.2) is 24.3 Å². The van der Waals surface area contributed by atoms with Crippen LogP contribution in [-0.2, 0) is 11.2 Å². The Labute approximate surface area is 137 Å². The third kappa shape index (κ3) is 1.96. The highest BCUT2D eigenvalue weighted by Crippen LogP contribution is 2.47. The first kappa shape index (κ1) is 13.8. The van der Waals surface area contributed by atoms with E-state index in [0.717, 1.165) is 31.6 Å². The van der Waals surface area contributed by atoms with E-state index < -0.39 is 0 Å². The molecule has 0 bridgehead atoms. The predicted molar refractivity (Wildman–Crippen MR) is 91.3 cm³/mol. The number of para-hydroxylation sites is 1. The lowest BCUT2D eigenvalue weighted by Gasteiger charge is -2.49. The Balaban J connectivity index is 1.55. The van der Waals surface area contributed by atoms with Crippen LogP contribution < -0.4 is 0 Å². The molecule has 1 N–H and O–H groups in total. The van der Waals surface area contributed by atoms with E-state index in [1.54, 1.807) is 0 Å². The van der Waals surface area contributed by atoms with Crippen molar-refractivity contribution in [2.75, 3.05) is 13.1 Å². The Morgan fingerprint density at radius 3 is 3.00 bits per heavy atom. The molecule has 2 fully saturated rings. The van der Waals surface area contributed by atoms with Crippen LogP contribution in [0.1, 0.15) is 43.5 Å². The summed E-state index contributed by atoms with van der Waals surface area (Å²) in [4.78, 5) is 18.6. The van der Waals surface area contributed by atoms with E-state index in [1.807, 2.05) is 0 Å². The number of carbonyl (C=O) groups excluding carboxylic acids is 1. The van der Waals surface area contributed by atoms with Crippen LogP contribution in [-0.4, -0.2) is 28.8 Å². The van der Waals surface area contributed by atoms with Crippen LogP contribution in [0.2, 0.25) is 0 Å². The molecule has 0 unspecified atom stereocenters. The van der Waals surface area contributed by atoms with E-state index in [2.05, 4.69) is 41.1 Å². The lowest BCUT2D eigenvalue weighted by Crippen LogP contribution is -2.50. The average Bonchev–Trinajstić information content (AvgIpc) is 2.96. The standard InChI is InChI=1S/C20H24N2O/c1-12-16-10-18-20-15(14-4-2-3-5-17(14)21-20)8-9-22(18)11-13(16)6-7-19(12)23/h2-5,12-13,16,18,21H,6-11H2,1H3/t12-,13+,16+,18+/m0/s1. The number of Topliss-reactive ketones (excluding diaryl/α,β-unsaturated/α-hetero) is 1. The molecule has 23 heavy (non-hydrogen) atoms. The quantitative estimate of drug-likeness (QED) is 0.805. The number of ketones is 1. The van der Waals surface area contributed by atoms with Crippen molar-refractivity contribution in [2.24, 2.45) is 17.8 Å². The van der Waals surface area contributed by atoms with Gasteiger partial charge in [0.1, 0.15) is 5.78 Å². The number of nitrogens with zero attached hydrogens (tertiary/aromatic N) is 1. The van der Waals surface area contributed by atoms with Crippen molar-refractivity contribution in [3.8, 4) is 0 Å². The third-order valence-electron chi connectivity index (χ3n) is 6.75. The van der Waals surface area contributed by atoms with Crippen LogP contribution in [0.4, 0.5) is 0 Å². The molecule has 3 aliphatic rings. The van der Waals surface area contributed by atoms with Crippen molar-refractivity contribution in [3.63, 3.8) is 0 Å². The second-order valence-corrected chi connectivity index (χ2v) is 7.78. The maximum atomic E-state index is 12.2. The predicted octanol–water partition coefficient (Wildman–Crippen LogP) is 3.70. The van der Waals surface area contributed by atoms with Crippen LogP contribution >= 0.6 is 0 Å². The number of hydrogen-bond acceptors (Lipinski definition) is 2. The number of fused-ring (bicyclic) bond motifs is 6. The number of hydrogen-bond donors (Lipinski definition) is 1. The minimum absolute atomic E-state index is 0.255. The van der Waals surface area contributed by atoms with Crippen LogP contribution in [0, 0.1) is 17.8 Å². The number of aromatic amines is 1. The van der Waals surface area contributed by atoms with Crippen LogP contribution in [0.25, 0.3) is 10.9 Å². The lowest BCUT2D eigenvalue weighted by atomic mass is 9.66. The van der Waals surface area contributed by atoms with Crippen molar-refractivity contribution >= 4 is 16.7 Å². The van der Waals surface area contributed by atoms with E-state index in [4.69, 9.17) is 0 Å². The highest BCUT2D eigenvalue weighted by atomic mass is 16.1. The number of nitrogens with one attached hydrogen (secondary N) is 1. The van der Waals surface area contributed by atoms with E-state index in [1.165, 1.54) is 35.2 Å². The van der Waals surface area contributed by atoms with E-state index >= 15 is 0 Å². The first-order valence-corrected chi connectivity index (χ1v) is 9.08. The minimum Gasteiger partial charge on any atom is -0.357 e. The second-order valence-electron chi connectivity index (χ2n) is 7.78. The largest absolute Gasteiger partial charge is 0.357 e. The Bertz CT molecular complexity index is 777. The van der Waals surface area contributed by atoms with Gasteiger partial charge >= 0.3 is 0 Å². The molecule has 0 radical (unpaired) electrons. The van der Waals surface area contributed by atoms with Gasteiger partial charge in [-0.05, 0) is 42.7 Å². The Hall–Kier alpha value is -1.61. The molecule has 1 aliphatic carbocycles. The summed E-state index contributed by atoms with van der Waals surface area (Å²) >= 11 is 0. The molecule has 1 aromatic carbocycles. The number of rotatable bonds is 0. The van der Waals surface area contributed by atoms with Gasteiger partial charge in [-0.2, -0.15) is 0 Å². The molecular formula is C20H24N2O. The molecular weight excluding hydrogens is 284 g/mol. The molecule has 1 saturated heterocycles. The van der Waals surface area contributed by atoms with Gasteiger partial charge in [-0.3, -0.25) is 9.69 Å². The van der Waals surface area contributed by atoms with Crippen LogP contribution in [0.3, 0.4) is 0 Å². The molecule has 0 spiro atoms. The van der Waals surface area contributed by atoms with Crippen molar-refractivity contribution in [1.29, 1.82) is 0 Å². The number of H-pyrrole nitrogens is 1. The van der Waals surface area contributed by atoms with E-state index in [0.29, 0.717) is 17.7 Å². The summed E-state index contributed by atoms with van der Waals surface area (Å²) < 4.78 is 0. The summed E-state index contributed by atoms with van der Waals surface area (Å²) in [6.45, 7) is 4.52. The minimum atomic E-state index is 0.255. The van der Waals surface area contributed by atoms with Crippen molar-refractivity contribution < 1.29 is 4.79 Å². The summed E-state index contributed by atoms with van der Waals surface area (Å²) in [6.07, 6.45) is 4.22. The van der Waals surface area contributed by atoms with Gasteiger partial charge in [-0.1, -0.05) is 25.1 Å². The maximum Gasteiger partial charge on any atom is 0.136 e. The fourth-order valence-electron chi connectivity index (χ4n) is 5.45. The van der Waals surface area contributed by atoms with Gasteiger partial charge in [-0.25, -0.2) is 0 Å². The van der Waals surface area contributed by atoms with Gasteiger partial charge < -0.3 is 4.98 Å². The molecule has 0 amide bonds. The Morgan fingerprint density at radius 1 is 1.22 bits per heavy atom. The van der Waals surface area contributed by atoms with Gasteiger partial charge in [0.05, 0.1) is 6.04 Å². The SMILES string of the molecule is C[C@@H]1C(=O)CC[C@@H]2CN3CCc4c([nH]c5ccccc45)[C@H]3C[C@@H]21. The molecule has 3 heterocycles. The number of benzene rings is 1. The first-order valence-electron chi connectivity index (χ1n) is 9.08. The van der Waals surface area contributed by atoms with Crippen molar-refractivity contribution in [1.82, 2.24) is 9.88 Å². The number of piperidine rings is 1. The second kappa shape index (κ2) is 4.94. The van der Waals surface area contributed by atoms with Gasteiger partial charge in [-0.15, -0.1) is 0 Å². The summed E-state index contributed by atoms with van der Waals surface area (Å²) in [5.41, 5.74) is 4.23. The molecule has 4 atom stereocenters. The zero-order chi connectivity index (χ0) is 15.6. The first-order chi connectivity index (χ1) is 11.2. The zero-order valence-electron chi connectivity index (χ0n) is 13.7. The molecule has 120 valence electrons. The van der Waals surface area contributed by atoms with Gasteiger partial charge in [0.15, 0.2) is 0 Å². The highest BCUT2D eigenvalue weighted by Gasteiger charge is 2.45. The maximum absolute atomic E-state index is 12.2. The number of aromatic nitrogens is 1. The summed E-state index contributed by atoms with van der Waals surface area (Å²) in [7, 11) is 0. The molecule has 2 aromatic rings. The van der Waals surface area contributed by atoms with Crippen molar-refractivity contribution in [2.45, 2.75) is 38.6 Å². The Kier molecular flexibility index (Phi) is 2.96. The van der Waals surface area contributed by atoms with Gasteiger partial charge in [0.25, 0.3) is 0 Å². The van der Waals surface area contributed by atoms with E-state index in [-0.39, 0.29) is 5.92 Å². The monoisotopic (exact) mass is 308 g/mol. The third-order valence-corrected chi connectivity index (χ3v) is 6.75. The number of carbonyl (C=O) groups is 1.